The fourth-order valence-corrected chi connectivity index (χ4v) is 4.67. The van der Waals surface area contributed by atoms with Crippen LogP contribution in [-0.4, -0.2) is 65.7 Å². The minimum atomic E-state index is -0.237. The summed E-state index contributed by atoms with van der Waals surface area (Å²) in [4.78, 5) is 38.8. The molecule has 38 heavy (non-hydrogen) atoms. The number of aromatic amines is 1. The van der Waals surface area contributed by atoms with Gasteiger partial charge in [-0.2, -0.15) is 0 Å². The number of hydrogen-bond acceptors (Lipinski definition) is 7. The quantitative estimate of drug-likeness (QED) is 0.398. The van der Waals surface area contributed by atoms with E-state index in [1.165, 1.54) is 7.11 Å². The molecular weight excluding hydrogens is 484 g/mol. The summed E-state index contributed by atoms with van der Waals surface area (Å²) < 4.78 is 11.0. The van der Waals surface area contributed by atoms with Crippen LogP contribution in [0.3, 0.4) is 0 Å². The van der Waals surface area contributed by atoms with Gasteiger partial charge in [-0.15, -0.1) is 0 Å². The van der Waals surface area contributed by atoms with Crippen LogP contribution < -0.4 is 10.1 Å². The highest BCUT2D eigenvalue weighted by atomic mass is 16.5. The van der Waals surface area contributed by atoms with Gasteiger partial charge in [0.25, 0.3) is 5.91 Å². The lowest BCUT2D eigenvalue weighted by molar-refractivity contribution is -0.0250. The SMILES string of the molecule is COc1ccccc1C(=O)NCc1ccc(C(=O)C2=NCc3[nH]ccc3C2=N[C@@H]2CC[C@@H](CO)OC2)cc1. The molecule has 0 radical (unpaired) electrons. The van der Waals surface area contributed by atoms with E-state index in [1.807, 2.05) is 30.5 Å². The van der Waals surface area contributed by atoms with E-state index in [2.05, 4.69) is 15.3 Å². The molecule has 9 nitrogen and oxygen atoms in total. The molecule has 1 fully saturated rings. The number of carbonyl (C=O) groups is 2. The minimum Gasteiger partial charge on any atom is -0.496 e. The maximum absolute atomic E-state index is 13.5. The Balaban J connectivity index is 1.29. The fraction of sp³-hybridized carbons (Fsp3) is 0.310. The third-order valence-electron chi connectivity index (χ3n) is 6.80. The Labute approximate surface area is 220 Å². The molecule has 0 aliphatic carbocycles. The van der Waals surface area contributed by atoms with Gasteiger partial charge in [0.05, 0.1) is 50.3 Å². The second kappa shape index (κ2) is 11.5. The Bertz CT molecular complexity index is 1370. The maximum Gasteiger partial charge on any atom is 0.255 e. The Morgan fingerprint density at radius 1 is 1.16 bits per heavy atom. The van der Waals surface area contributed by atoms with Gasteiger partial charge in [-0.05, 0) is 36.6 Å². The highest BCUT2D eigenvalue weighted by Gasteiger charge is 2.29. The number of carbonyl (C=O) groups excluding carboxylic acids is 2. The summed E-state index contributed by atoms with van der Waals surface area (Å²) in [7, 11) is 1.53. The molecule has 1 aromatic heterocycles. The van der Waals surface area contributed by atoms with Crippen molar-refractivity contribution in [1.82, 2.24) is 10.3 Å². The van der Waals surface area contributed by atoms with Gasteiger partial charge in [0, 0.05) is 29.6 Å². The van der Waals surface area contributed by atoms with Crippen molar-refractivity contribution in [2.24, 2.45) is 9.98 Å². The fourth-order valence-electron chi connectivity index (χ4n) is 4.67. The van der Waals surface area contributed by atoms with Crippen LogP contribution in [0, 0.1) is 0 Å². The molecule has 2 aliphatic heterocycles. The molecule has 5 rings (SSSR count). The number of benzene rings is 2. The zero-order valence-corrected chi connectivity index (χ0v) is 21.1. The van der Waals surface area contributed by atoms with Crippen LogP contribution in [0.15, 0.2) is 70.8 Å². The van der Waals surface area contributed by atoms with Crippen molar-refractivity contribution in [2.75, 3.05) is 20.3 Å². The zero-order chi connectivity index (χ0) is 26.5. The van der Waals surface area contributed by atoms with Crippen LogP contribution in [0.4, 0.5) is 0 Å². The molecule has 196 valence electrons. The number of hydrogen-bond donors (Lipinski definition) is 3. The summed E-state index contributed by atoms with van der Waals surface area (Å²) in [6.45, 7) is 1.08. The lowest BCUT2D eigenvalue weighted by atomic mass is 9.95. The minimum absolute atomic E-state index is 0.00340. The van der Waals surface area contributed by atoms with Gasteiger partial charge in [-0.3, -0.25) is 19.6 Å². The van der Waals surface area contributed by atoms with Crippen LogP contribution >= 0.6 is 0 Å². The molecule has 2 atom stereocenters. The van der Waals surface area contributed by atoms with E-state index in [4.69, 9.17) is 14.5 Å². The first-order chi connectivity index (χ1) is 18.6. The number of aliphatic hydroxyl groups excluding tert-OH is 1. The number of aliphatic imine (C=N–C) groups is 2. The number of H-pyrrole nitrogens is 1. The van der Waals surface area contributed by atoms with E-state index in [9.17, 15) is 14.7 Å². The van der Waals surface area contributed by atoms with Gasteiger partial charge in [-0.1, -0.05) is 36.4 Å². The Morgan fingerprint density at radius 3 is 2.71 bits per heavy atom. The summed E-state index contributed by atoms with van der Waals surface area (Å²) in [6.07, 6.45) is 3.16. The highest BCUT2D eigenvalue weighted by molar-refractivity contribution is 6.73. The standard InChI is InChI=1S/C29H30N4O5/c1-37-25-5-3-2-4-23(25)29(36)32-14-18-6-8-19(9-7-18)28(35)27-26(22-12-13-30-24(22)15-31-27)33-20-10-11-21(16-34)38-17-20/h2-9,12-13,20-21,30,34H,10-11,14-17H2,1H3,(H,32,36)/t20-,21+/m1/s1. The van der Waals surface area contributed by atoms with Crippen LogP contribution in [0.2, 0.25) is 0 Å². The molecule has 0 bridgehead atoms. The van der Waals surface area contributed by atoms with Gasteiger partial charge >= 0.3 is 0 Å². The first-order valence-corrected chi connectivity index (χ1v) is 12.6. The number of nitrogens with zero attached hydrogens (tertiary/aromatic N) is 2. The predicted octanol–water partition coefficient (Wildman–Crippen LogP) is 3.12. The molecule has 3 heterocycles. The third kappa shape index (κ3) is 5.44. The number of ether oxygens (including phenoxy) is 2. The summed E-state index contributed by atoms with van der Waals surface area (Å²) in [5.41, 5.74) is 4.52. The first kappa shape index (κ1) is 25.6. The largest absolute Gasteiger partial charge is 0.496 e. The molecular formula is C29H30N4O5. The number of methoxy groups -OCH3 is 1. The van der Waals surface area contributed by atoms with Crippen LogP contribution in [0.5, 0.6) is 5.75 Å². The molecule has 0 spiro atoms. The topological polar surface area (TPSA) is 125 Å². The number of nitrogens with one attached hydrogen (secondary N) is 2. The molecule has 1 amide bonds. The number of Topliss-reactive ketones (excluding diaryl/α,β-unsaturated/α-hetero) is 1. The molecule has 9 heteroatoms. The van der Waals surface area contributed by atoms with E-state index in [0.717, 1.165) is 23.2 Å². The lowest BCUT2D eigenvalue weighted by Crippen LogP contribution is -2.34. The van der Waals surface area contributed by atoms with Crippen molar-refractivity contribution in [3.63, 3.8) is 0 Å². The Kier molecular flexibility index (Phi) is 7.76. The smallest absolute Gasteiger partial charge is 0.255 e. The van der Waals surface area contributed by atoms with Gasteiger partial charge in [0.1, 0.15) is 11.5 Å². The number of amides is 1. The van der Waals surface area contributed by atoms with Crippen LogP contribution in [0.25, 0.3) is 0 Å². The van der Waals surface area contributed by atoms with Gasteiger partial charge < -0.3 is 24.9 Å². The third-order valence-corrected chi connectivity index (χ3v) is 6.80. The maximum atomic E-state index is 13.5. The second-order valence-corrected chi connectivity index (χ2v) is 9.29. The molecule has 2 aliphatic rings. The molecule has 2 aromatic carbocycles. The second-order valence-electron chi connectivity index (χ2n) is 9.29. The highest BCUT2D eigenvalue weighted by Crippen LogP contribution is 2.23. The van der Waals surface area contributed by atoms with Crippen molar-refractivity contribution >= 4 is 23.1 Å². The van der Waals surface area contributed by atoms with Crippen molar-refractivity contribution in [3.05, 3.63) is 88.7 Å². The van der Waals surface area contributed by atoms with Crippen molar-refractivity contribution < 1.29 is 24.2 Å². The molecule has 1 saturated heterocycles. The number of ketones is 1. The van der Waals surface area contributed by atoms with E-state index in [1.54, 1.807) is 30.3 Å². The Hall–Kier alpha value is -4.08. The van der Waals surface area contributed by atoms with Gasteiger partial charge in [-0.25, -0.2) is 0 Å². The molecule has 3 aromatic rings. The monoisotopic (exact) mass is 514 g/mol. The first-order valence-electron chi connectivity index (χ1n) is 12.6. The summed E-state index contributed by atoms with van der Waals surface area (Å²) in [6, 6.07) is 16.0. The summed E-state index contributed by atoms with van der Waals surface area (Å²) in [5.74, 6) is 0.0692. The number of aliphatic hydroxyl groups is 1. The lowest BCUT2D eigenvalue weighted by Gasteiger charge is -2.26. The summed E-state index contributed by atoms with van der Waals surface area (Å²) in [5, 5.41) is 12.2. The average molecular weight is 515 g/mol. The van der Waals surface area contributed by atoms with E-state index < -0.39 is 0 Å². The number of para-hydroxylation sites is 1. The number of aromatic nitrogens is 1. The van der Waals surface area contributed by atoms with Crippen molar-refractivity contribution in [3.8, 4) is 5.75 Å². The zero-order valence-electron chi connectivity index (χ0n) is 21.1. The number of fused-ring (bicyclic) bond motifs is 1. The van der Waals surface area contributed by atoms with Gasteiger partial charge in [0.2, 0.25) is 5.78 Å². The van der Waals surface area contributed by atoms with Crippen molar-refractivity contribution in [2.45, 2.75) is 38.1 Å². The number of rotatable bonds is 8. The van der Waals surface area contributed by atoms with E-state index >= 15 is 0 Å². The van der Waals surface area contributed by atoms with E-state index in [0.29, 0.717) is 54.4 Å². The van der Waals surface area contributed by atoms with Crippen LogP contribution in [0.1, 0.15) is 50.4 Å². The Morgan fingerprint density at radius 2 is 1.97 bits per heavy atom. The molecule has 3 N–H and O–H groups in total. The molecule has 0 saturated carbocycles. The molecule has 0 unspecified atom stereocenters. The van der Waals surface area contributed by atoms with Crippen LogP contribution in [-0.2, 0) is 17.8 Å². The average Bonchev–Trinajstić information content (AvgIpc) is 3.46. The van der Waals surface area contributed by atoms with Gasteiger partial charge in [0.15, 0.2) is 0 Å². The van der Waals surface area contributed by atoms with Crippen molar-refractivity contribution in [1.29, 1.82) is 0 Å². The predicted molar refractivity (Wildman–Crippen MR) is 143 cm³/mol. The normalized spacial score (nSPS) is 19.9. The summed E-state index contributed by atoms with van der Waals surface area (Å²) >= 11 is 0. The van der Waals surface area contributed by atoms with E-state index in [-0.39, 0.29) is 30.4 Å².